The van der Waals surface area contributed by atoms with Gasteiger partial charge >= 0.3 is 0 Å². The fourth-order valence-electron chi connectivity index (χ4n) is 1.95. The van der Waals surface area contributed by atoms with Gasteiger partial charge in [-0.15, -0.1) is 0 Å². The zero-order chi connectivity index (χ0) is 12.2. The van der Waals surface area contributed by atoms with Crippen molar-refractivity contribution in [3.63, 3.8) is 0 Å². The van der Waals surface area contributed by atoms with Crippen LogP contribution in [0.4, 0.5) is 0 Å². The molecule has 1 N–H and O–H groups in total. The van der Waals surface area contributed by atoms with E-state index in [0.717, 1.165) is 6.42 Å². The SMILES string of the molecule is CCC(C#N)(CC)NC(=O)C1OCCC1C. The fourth-order valence-corrected chi connectivity index (χ4v) is 1.95. The van der Waals surface area contributed by atoms with E-state index in [2.05, 4.69) is 11.4 Å². The standard InChI is InChI=1S/C12H20N2O2/c1-4-12(5-2,8-13)14-11(15)10-9(3)6-7-16-10/h9-10H,4-7H2,1-3H3,(H,14,15). The molecule has 16 heavy (non-hydrogen) atoms. The average Bonchev–Trinajstić information content (AvgIpc) is 2.72. The van der Waals surface area contributed by atoms with Crippen LogP contribution in [0.2, 0.25) is 0 Å². The summed E-state index contributed by atoms with van der Waals surface area (Å²) in [5, 5.41) is 12.0. The van der Waals surface area contributed by atoms with Crippen molar-refractivity contribution in [2.75, 3.05) is 6.61 Å². The molecule has 0 aromatic carbocycles. The van der Waals surface area contributed by atoms with E-state index in [1.54, 1.807) is 0 Å². The summed E-state index contributed by atoms with van der Waals surface area (Å²) in [5.41, 5.74) is -0.733. The van der Waals surface area contributed by atoms with E-state index in [1.165, 1.54) is 0 Å². The minimum absolute atomic E-state index is 0.143. The largest absolute Gasteiger partial charge is 0.368 e. The molecule has 1 aliphatic heterocycles. The molecule has 0 radical (unpaired) electrons. The van der Waals surface area contributed by atoms with Crippen molar-refractivity contribution in [3.8, 4) is 6.07 Å². The highest BCUT2D eigenvalue weighted by Crippen LogP contribution is 2.22. The number of nitriles is 1. The van der Waals surface area contributed by atoms with Gasteiger partial charge in [0.2, 0.25) is 0 Å². The molecule has 4 nitrogen and oxygen atoms in total. The quantitative estimate of drug-likeness (QED) is 0.789. The smallest absolute Gasteiger partial charge is 0.250 e. The molecule has 2 unspecified atom stereocenters. The predicted octanol–water partition coefficient (Wildman–Crippen LogP) is 1.61. The van der Waals surface area contributed by atoms with E-state index in [4.69, 9.17) is 10.00 Å². The summed E-state index contributed by atoms with van der Waals surface area (Å²) in [6.45, 7) is 6.46. The fraction of sp³-hybridized carbons (Fsp3) is 0.833. The first kappa shape index (κ1) is 13.0. The van der Waals surface area contributed by atoms with Gasteiger partial charge in [-0.25, -0.2) is 0 Å². The van der Waals surface area contributed by atoms with Gasteiger partial charge in [-0.3, -0.25) is 4.79 Å². The topological polar surface area (TPSA) is 62.1 Å². The second-order valence-electron chi connectivity index (χ2n) is 4.45. The van der Waals surface area contributed by atoms with Crippen molar-refractivity contribution in [3.05, 3.63) is 0 Å². The van der Waals surface area contributed by atoms with Gasteiger partial charge in [0.1, 0.15) is 11.6 Å². The monoisotopic (exact) mass is 224 g/mol. The lowest BCUT2D eigenvalue weighted by atomic mass is 9.93. The number of carbonyl (C=O) groups is 1. The molecule has 1 fully saturated rings. The van der Waals surface area contributed by atoms with Crippen molar-refractivity contribution >= 4 is 5.91 Å². The predicted molar refractivity (Wildman–Crippen MR) is 60.6 cm³/mol. The number of nitrogens with zero attached hydrogens (tertiary/aromatic N) is 1. The number of hydrogen-bond donors (Lipinski definition) is 1. The van der Waals surface area contributed by atoms with Gasteiger partial charge in [0, 0.05) is 6.61 Å². The lowest BCUT2D eigenvalue weighted by molar-refractivity contribution is -0.133. The van der Waals surface area contributed by atoms with Crippen molar-refractivity contribution in [1.29, 1.82) is 5.26 Å². The number of hydrogen-bond acceptors (Lipinski definition) is 3. The molecule has 0 saturated carbocycles. The Hall–Kier alpha value is -1.08. The maximum absolute atomic E-state index is 12.0. The van der Waals surface area contributed by atoms with Gasteiger partial charge in [-0.05, 0) is 25.2 Å². The Morgan fingerprint density at radius 2 is 2.19 bits per heavy atom. The molecule has 2 atom stereocenters. The first-order valence-corrected chi connectivity index (χ1v) is 5.93. The summed E-state index contributed by atoms with van der Waals surface area (Å²) in [5.74, 6) is 0.0976. The molecule has 4 heteroatoms. The summed E-state index contributed by atoms with van der Waals surface area (Å²) in [4.78, 5) is 12.0. The van der Waals surface area contributed by atoms with Gasteiger partial charge in [0.15, 0.2) is 0 Å². The molecule has 90 valence electrons. The summed E-state index contributed by atoms with van der Waals surface area (Å²) >= 11 is 0. The van der Waals surface area contributed by atoms with E-state index < -0.39 is 5.54 Å². The van der Waals surface area contributed by atoms with Crippen LogP contribution in [0.15, 0.2) is 0 Å². The number of rotatable bonds is 4. The zero-order valence-corrected chi connectivity index (χ0v) is 10.2. The maximum Gasteiger partial charge on any atom is 0.250 e. The Morgan fingerprint density at radius 1 is 1.56 bits per heavy atom. The lowest BCUT2D eigenvalue weighted by Crippen LogP contribution is -2.51. The van der Waals surface area contributed by atoms with Gasteiger partial charge in [0.25, 0.3) is 5.91 Å². The summed E-state index contributed by atoms with van der Waals surface area (Å²) in [6, 6.07) is 2.20. The van der Waals surface area contributed by atoms with Crippen LogP contribution in [-0.2, 0) is 9.53 Å². The minimum Gasteiger partial charge on any atom is -0.368 e. The molecule has 0 aromatic rings. The first-order valence-electron chi connectivity index (χ1n) is 5.93. The van der Waals surface area contributed by atoms with Crippen molar-refractivity contribution in [2.45, 2.75) is 51.7 Å². The lowest BCUT2D eigenvalue weighted by Gasteiger charge is -2.27. The normalized spacial score (nSPS) is 25.1. The summed E-state index contributed by atoms with van der Waals surface area (Å²) in [7, 11) is 0. The van der Waals surface area contributed by atoms with Crippen LogP contribution in [0, 0.1) is 17.2 Å². The third kappa shape index (κ3) is 2.53. The highest BCUT2D eigenvalue weighted by molar-refractivity contribution is 5.82. The van der Waals surface area contributed by atoms with Crippen LogP contribution >= 0.6 is 0 Å². The first-order chi connectivity index (χ1) is 7.58. The Balaban J connectivity index is 2.66. The Morgan fingerprint density at radius 3 is 2.56 bits per heavy atom. The molecule has 0 spiro atoms. The molecule has 0 bridgehead atoms. The summed E-state index contributed by atoms with van der Waals surface area (Å²) < 4.78 is 5.38. The second kappa shape index (κ2) is 5.31. The third-order valence-corrected chi connectivity index (χ3v) is 3.43. The van der Waals surface area contributed by atoms with Crippen LogP contribution < -0.4 is 5.32 Å². The number of ether oxygens (including phenoxy) is 1. The van der Waals surface area contributed by atoms with Gasteiger partial charge < -0.3 is 10.1 Å². The maximum atomic E-state index is 12.0. The molecule has 1 rings (SSSR count). The van der Waals surface area contributed by atoms with Crippen molar-refractivity contribution in [2.24, 2.45) is 5.92 Å². The van der Waals surface area contributed by atoms with Gasteiger partial charge in [0.05, 0.1) is 6.07 Å². The van der Waals surface area contributed by atoms with E-state index in [0.29, 0.717) is 19.4 Å². The molecule has 0 aromatic heterocycles. The van der Waals surface area contributed by atoms with E-state index in [-0.39, 0.29) is 17.9 Å². The van der Waals surface area contributed by atoms with Crippen LogP contribution in [0.5, 0.6) is 0 Å². The number of carbonyl (C=O) groups excluding carboxylic acids is 1. The minimum atomic E-state index is -0.733. The molecule has 1 saturated heterocycles. The van der Waals surface area contributed by atoms with E-state index >= 15 is 0 Å². The average molecular weight is 224 g/mol. The Labute approximate surface area is 97.0 Å². The van der Waals surface area contributed by atoms with Crippen molar-refractivity contribution < 1.29 is 9.53 Å². The molecular formula is C12H20N2O2. The van der Waals surface area contributed by atoms with Crippen LogP contribution in [0.3, 0.4) is 0 Å². The van der Waals surface area contributed by atoms with Crippen LogP contribution in [-0.4, -0.2) is 24.2 Å². The Bertz CT molecular complexity index is 292. The van der Waals surface area contributed by atoms with Crippen molar-refractivity contribution in [1.82, 2.24) is 5.32 Å². The van der Waals surface area contributed by atoms with Crippen LogP contribution in [0.25, 0.3) is 0 Å². The Kier molecular flexibility index (Phi) is 4.31. The van der Waals surface area contributed by atoms with Gasteiger partial charge in [-0.1, -0.05) is 20.8 Å². The molecule has 1 amide bonds. The number of nitrogens with one attached hydrogen (secondary N) is 1. The summed E-state index contributed by atoms with van der Waals surface area (Å²) in [6.07, 6.45) is 1.76. The van der Waals surface area contributed by atoms with Gasteiger partial charge in [-0.2, -0.15) is 5.26 Å². The molecule has 0 aliphatic carbocycles. The third-order valence-electron chi connectivity index (χ3n) is 3.43. The molecule has 1 heterocycles. The molecular weight excluding hydrogens is 204 g/mol. The molecule has 1 aliphatic rings. The highest BCUT2D eigenvalue weighted by Gasteiger charge is 2.36. The zero-order valence-electron chi connectivity index (χ0n) is 10.2. The highest BCUT2D eigenvalue weighted by atomic mass is 16.5. The van der Waals surface area contributed by atoms with E-state index in [9.17, 15) is 4.79 Å². The number of amides is 1. The second-order valence-corrected chi connectivity index (χ2v) is 4.45. The van der Waals surface area contributed by atoms with Crippen LogP contribution in [0.1, 0.15) is 40.0 Å². The van der Waals surface area contributed by atoms with E-state index in [1.807, 2.05) is 20.8 Å².